The van der Waals surface area contributed by atoms with Gasteiger partial charge in [-0.2, -0.15) is 13.2 Å². The summed E-state index contributed by atoms with van der Waals surface area (Å²) in [5, 5.41) is 4.51. The third kappa shape index (κ3) is 7.39. The van der Waals surface area contributed by atoms with Crippen LogP contribution in [-0.2, 0) is 10.1 Å². The Morgan fingerprint density at radius 2 is 1.03 bits per heavy atom. The summed E-state index contributed by atoms with van der Waals surface area (Å²) in [6.07, 6.45) is 6.49. The van der Waals surface area contributed by atoms with Gasteiger partial charge in [-0.15, -0.1) is 0 Å². The first-order chi connectivity index (χ1) is 15.6. The van der Waals surface area contributed by atoms with Crippen molar-refractivity contribution in [1.29, 1.82) is 0 Å². The van der Waals surface area contributed by atoms with E-state index in [1.165, 1.54) is 47.8 Å². The molecule has 0 unspecified atom stereocenters. The Morgan fingerprint density at radius 3 is 1.30 bits per heavy atom. The van der Waals surface area contributed by atoms with Crippen LogP contribution in [-0.4, -0.2) is 24.6 Å². The number of hydrogen-bond donors (Lipinski definition) is 0. The average molecular weight is 497 g/mol. The molecular formula is C25H28F3O3PS. The first-order valence-electron chi connectivity index (χ1n) is 10.7. The number of hydrogen-bond acceptors (Lipinski definition) is 3. The van der Waals surface area contributed by atoms with E-state index in [0.717, 1.165) is 0 Å². The van der Waals surface area contributed by atoms with Crippen molar-refractivity contribution in [3.8, 4) is 0 Å². The van der Waals surface area contributed by atoms with Crippen LogP contribution in [0.5, 0.6) is 0 Å². The molecule has 0 aliphatic carbocycles. The molecular weight excluding hydrogens is 468 g/mol. The molecule has 3 rings (SSSR count). The molecule has 0 heterocycles. The molecule has 0 amide bonds. The minimum atomic E-state index is -6.09. The zero-order valence-corrected chi connectivity index (χ0v) is 20.1. The summed E-state index contributed by atoms with van der Waals surface area (Å²) < 4.78 is 58.9. The van der Waals surface area contributed by atoms with Crippen LogP contribution >= 0.6 is 7.26 Å². The van der Waals surface area contributed by atoms with Gasteiger partial charge >= 0.3 is 5.51 Å². The van der Waals surface area contributed by atoms with E-state index in [1.54, 1.807) is 0 Å². The van der Waals surface area contributed by atoms with Crippen molar-refractivity contribution in [2.75, 3.05) is 6.16 Å². The van der Waals surface area contributed by atoms with E-state index in [1.807, 2.05) is 0 Å². The van der Waals surface area contributed by atoms with Crippen LogP contribution in [0.4, 0.5) is 13.2 Å². The third-order valence-electron chi connectivity index (χ3n) is 5.22. The van der Waals surface area contributed by atoms with Gasteiger partial charge in [0.1, 0.15) is 23.2 Å². The van der Waals surface area contributed by atoms with Gasteiger partial charge in [-0.05, 0) is 49.2 Å². The predicted molar refractivity (Wildman–Crippen MR) is 130 cm³/mol. The van der Waals surface area contributed by atoms with Crippen molar-refractivity contribution in [3.63, 3.8) is 0 Å². The Labute approximate surface area is 194 Å². The van der Waals surface area contributed by atoms with Gasteiger partial charge in [0, 0.05) is 0 Å². The molecule has 0 bridgehead atoms. The summed E-state index contributed by atoms with van der Waals surface area (Å²) in [5.41, 5.74) is -5.65. The van der Waals surface area contributed by atoms with Gasteiger partial charge in [0.05, 0.1) is 6.16 Å². The summed E-state index contributed by atoms with van der Waals surface area (Å²) in [4.78, 5) is 0. The van der Waals surface area contributed by atoms with Crippen LogP contribution in [0.3, 0.4) is 0 Å². The standard InChI is InChI=1S/C24H28P.CHF3O3S/c1-2-3-4-14-21-25(22-15-8-5-9-16-22,23-17-10-6-11-18-23)24-19-12-7-13-20-24;2-1(3,4)8(5,6)7/h5-13,15-20H,2-4,14,21H2,1H3;(H,5,6,7)/q+1;/p-1. The van der Waals surface area contributed by atoms with Gasteiger partial charge in [0.25, 0.3) is 0 Å². The Hall–Kier alpha value is -2.21. The molecule has 3 aromatic rings. The number of benzene rings is 3. The number of alkyl halides is 3. The van der Waals surface area contributed by atoms with E-state index < -0.39 is 22.9 Å². The molecule has 178 valence electrons. The topological polar surface area (TPSA) is 57.2 Å². The molecule has 3 nitrogen and oxygen atoms in total. The number of halogens is 3. The fourth-order valence-corrected chi connectivity index (χ4v) is 8.07. The van der Waals surface area contributed by atoms with Crippen LogP contribution in [0.15, 0.2) is 91.0 Å². The second-order valence-electron chi connectivity index (χ2n) is 7.50. The molecule has 3 aromatic carbocycles. The van der Waals surface area contributed by atoms with Crippen molar-refractivity contribution in [2.45, 2.75) is 38.1 Å². The molecule has 0 aromatic heterocycles. The highest BCUT2D eigenvalue weighted by Gasteiger charge is 2.44. The lowest BCUT2D eigenvalue weighted by Crippen LogP contribution is -2.33. The quantitative estimate of drug-likeness (QED) is 0.176. The second kappa shape index (κ2) is 12.3. The molecule has 0 atom stereocenters. The summed E-state index contributed by atoms with van der Waals surface area (Å²) in [6, 6.07) is 33.6. The summed E-state index contributed by atoms with van der Waals surface area (Å²) >= 11 is 0. The molecule has 0 radical (unpaired) electrons. The zero-order valence-electron chi connectivity index (χ0n) is 18.4. The minimum absolute atomic E-state index is 1.25. The monoisotopic (exact) mass is 496 g/mol. The maximum atomic E-state index is 10.7. The molecule has 33 heavy (non-hydrogen) atoms. The zero-order chi connectivity index (χ0) is 24.4. The largest absolute Gasteiger partial charge is 0.741 e. The van der Waals surface area contributed by atoms with Gasteiger partial charge in [-0.1, -0.05) is 74.4 Å². The van der Waals surface area contributed by atoms with E-state index in [4.69, 9.17) is 13.0 Å². The van der Waals surface area contributed by atoms with Gasteiger partial charge in [0.2, 0.25) is 0 Å². The summed E-state index contributed by atoms with van der Waals surface area (Å²) in [6.45, 7) is 2.29. The van der Waals surface area contributed by atoms with Gasteiger partial charge < -0.3 is 4.55 Å². The first kappa shape index (κ1) is 27.0. The Bertz CT molecular complexity index is 962. The minimum Gasteiger partial charge on any atom is -0.741 e. The Balaban J connectivity index is 0.000000414. The van der Waals surface area contributed by atoms with Gasteiger partial charge in [0.15, 0.2) is 10.1 Å². The van der Waals surface area contributed by atoms with Crippen molar-refractivity contribution >= 4 is 33.3 Å². The van der Waals surface area contributed by atoms with E-state index in [9.17, 15) is 13.2 Å². The molecule has 0 spiro atoms. The fourth-order valence-electron chi connectivity index (χ4n) is 3.66. The van der Waals surface area contributed by atoms with Crippen molar-refractivity contribution in [2.24, 2.45) is 0 Å². The molecule has 0 aliphatic heterocycles. The molecule has 0 aliphatic rings. The molecule has 0 saturated carbocycles. The number of unbranched alkanes of at least 4 members (excludes halogenated alkanes) is 3. The smallest absolute Gasteiger partial charge is 0.485 e. The highest BCUT2D eigenvalue weighted by atomic mass is 32.2. The lowest BCUT2D eigenvalue weighted by atomic mass is 10.2. The first-order valence-corrected chi connectivity index (χ1v) is 14.1. The maximum Gasteiger partial charge on any atom is 0.485 e. The molecule has 0 fully saturated rings. The summed E-state index contributed by atoms with van der Waals surface area (Å²) in [5.74, 6) is 0. The lowest BCUT2D eigenvalue weighted by Gasteiger charge is -2.27. The second-order valence-corrected chi connectivity index (χ2v) is 12.5. The Morgan fingerprint density at radius 1 is 0.697 bits per heavy atom. The van der Waals surface area contributed by atoms with Crippen LogP contribution < -0.4 is 15.9 Å². The van der Waals surface area contributed by atoms with E-state index in [-0.39, 0.29) is 0 Å². The van der Waals surface area contributed by atoms with Gasteiger partial charge in [-0.25, -0.2) is 8.42 Å². The lowest BCUT2D eigenvalue weighted by molar-refractivity contribution is -0.0517. The van der Waals surface area contributed by atoms with Crippen molar-refractivity contribution in [1.82, 2.24) is 0 Å². The van der Waals surface area contributed by atoms with Crippen LogP contribution in [0.1, 0.15) is 32.6 Å². The highest BCUT2D eigenvalue weighted by molar-refractivity contribution is 7.95. The molecule has 0 N–H and O–H groups in total. The predicted octanol–water partition coefficient (Wildman–Crippen LogP) is 5.61. The maximum absolute atomic E-state index is 10.7. The Kier molecular flexibility index (Phi) is 10.1. The van der Waals surface area contributed by atoms with Crippen LogP contribution in [0.25, 0.3) is 0 Å². The average Bonchev–Trinajstić information content (AvgIpc) is 2.80. The summed E-state index contributed by atoms with van der Waals surface area (Å²) in [7, 11) is -7.68. The fraction of sp³-hybridized carbons (Fsp3) is 0.280. The van der Waals surface area contributed by atoms with Crippen LogP contribution in [0.2, 0.25) is 0 Å². The molecule has 8 heteroatoms. The highest BCUT2D eigenvalue weighted by Crippen LogP contribution is 2.55. The number of rotatable bonds is 8. The third-order valence-corrected chi connectivity index (χ3v) is 10.3. The van der Waals surface area contributed by atoms with E-state index in [0.29, 0.717) is 0 Å². The molecule has 0 saturated heterocycles. The van der Waals surface area contributed by atoms with Gasteiger partial charge in [-0.3, -0.25) is 0 Å². The van der Waals surface area contributed by atoms with E-state index in [2.05, 4.69) is 97.9 Å². The normalized spacial score (nSPS) is 12.0. The van der Waals surface area contributed by atoms with Crippen LogP contribution in [0, 0.1) is 0 Å². The van der Waals surface area contributed by atoms with Crippen molar-refractivity contribution < 1.29 is 26.1 Å². The van der Waals surface area contributed by atoms with Crippen molar-refractivity contribution in [3.05, 3.63) is 91.0 Å². The van der Waals surface area contributed by atoms with E-state index >= 15 is 0 Å². The SMILES string of the molecule is CCCCCC[P+](c1ccccc1)(c1ccccc1)c1ccccc1.O=S(=O)([O-])C(F)(F)F.